The second-order valence-electron chi connectivity index (χ2n) is 6.21. The van der Waals surface area contributed by atoms with Gasteiger partial charge in [0.1, 0.15) is 22.8 Å². The molecule has 0 radical (unpaired) electrons. The highest BCUT2D eigenvalue weighted by atomic mass is 35.5. The van der Waals surface area contributed by atoms with Crippen molar-refractivity contribution in [3.8, 4) is 28.5 Å². The molecule has 0 saturated carbocycles. The number of nitrogens with one attached hydrogen (secondary N) is 1. The van der Waals surface area contributed by atoms with Crippen LogP contribution in [0.5, 0.6) is 5.75 Å². The predicted molar refractivity (Wildman–Crippen MR) is 107 cm³/mol. The summed E-state index contributed by atoms with van der Waals surface area (Å²) < 4.78 is 7.31. The molecule has 5 nitrogen and oxygen atoms in total. The lowest BCUT2D eigenvalue weighted by Crippen LogP contribution is -1.91. The predicted octanol–water partition coefficient (Wildman–Crippen LogP) is 5.21. The lowest BCUT2D eigenvalue weighted by atomic mass is 10.1. The van der Waals surface area contributed by atoms with E-state index in [4.69, 9.17) is 26.3 Å². The number of nitrogens with zero attached hydrogens (tertiary/aromatic N) is 3. The number of pyridine rings is 1. The van der Waals surface area contributed by atoms with Crippen LogP contribution in [0.4, 0.5) is 0 Å². The minimum atomic E-state index is 0.672. The van der Waals surface area contributed by atoms with Crippen LogP contribution >= 0.6 is 11.6 Å². The number of ether oxygens (including phenoxy) is 1. The highest BCUT2D eigenvalue weighted by Gasteiger charge is 2.19. The number of hydrogen-bond donors (Lipinski definition) is 1. The Morgan fingerprint density at radius 3 is 2.67 bits per heavy atom. The number of methoxy groups -OCH3 is 1. The first-order valence-electron chi connectivity index (χ1n) is 8.50. The molecular weight excluding hydrogens is 360 g/mol. The number of halogens is 1. The van der Waals surface area contributed by atoms with Gasteiger partial charge in [0, 0.05) is 16.8 Å². The third-order valence-electron chi connectivity index (χ3n) is 4.56. The van der Waals surface area contributed by atoms with E-state index in [2.05, 4.69) is 4.98 Å². The van der Waals surface area contributed by atoms with Crippen molar-refractivity contribution in [3.05, 3.63) is 71.9 Å². The van der Waals surface area contributed by atoms with Crippen LogP contribution in [-0.4, -0.2) is 26.5 Å². The molecule has 6 heteroatoms. The first kappa shape index (κ1) is 15.9. The summed E-state index contributed by atoms with van der Waals surface area (Å²) in [7, 11) is 1.66. The van der Waals surface area contributed by atoms with Gasteiger partial charge in [-0.1, -0.05) is 17.7 Å². The number of H-pyrrole nitrogens is 1. The van der Waals surface area contributed by atoms with E-state index in [1.54, 1.807) is 7.11 Å². The summed E-state index contributed by atoms with van der Waals surface area (Å²) in [6, 6.07) is 19.4. The van der Waals surface area contributed by atoms with Crippen molar-refractivity contribution in [2.24, 2.45) is 0 Å². The Balaban J connectivity index is 1.78. The van der Waals surface area contributed by atoms with E-state index in [-0.39, 0.29) is 0 Å². The van der Waals surface area contributed by atoms with Gasteiger partial charge < -0.3 is 9.72 Å². The quantitative estimate of drug-likeness (QED) is 0.472. The van der Waals surface area contributed by atoms with Crippen molar-refractivity contribution in [2.75, 3.05) is 7.11 Å². The van der Waals surface area contributed by atoms with Gasteiger partial charge in [-0.15, -0.1) is 0 Å². The van der Waals surface area contributed by atoms with E-state index >= 15 is 0 Å². The van der Waals surface area contributed by atoms with E-state index in [9.17, 15) is 0 Å². The minimum Gasteiger partial charge on any atom is -0.497 e. The summed E-state index contributed by atoms with van der Waals surface area (Å²) in [6.07, 6.45) is 1.99. The van der Waals surface area contributed by atoms with Gasteiger partial charge in [0.15, 0.2) is 5.82 Å². The van der Waals surface area contributed by atoms with Crippen molar-refractivity contribution in [2.45, 2.75) is 0 Å². The lowest BCUT2D eigenvalue weighted by molar-refractivity contribution is 0.415. The molecule has 5 aromatic rings. The molecule has 0 spiro atoms. The number of benzene rings is 2. The van der Waals surface area contributed by atoms with Gasteiger partial charge in [0.25, 0.3) is 0 Å². The Kier molecular flexibility index (Phi) is 3.62. The molecule has 27 heavy (non-hydrogen) atoms. The van der Waals surface area contributed by atoms with Gasteiger partial charge >= 0.3 is 0 Å². The monoisotopic (exact) mass is 374 g/mol. The van der Waals surface area contributed by atoms with E-state index in [1.165, 1.54) is 0 Å². The van der Waals surface area contributed by atoms with E-state index in [0.29, 0.717) is 5.02 Å². The molecule has 0 amide bonds. The molecule has 3 aromatic heterocycles. The normalized spacial score (nSPS) is 11.3. The number of imidazole rings is 2. The lowest BCUT2D eigenvalue weighted by Gasteiger charge is -2.04. The summed E-state index contributed by atoms with van der Waals surface area (Å²) in [4.78, 5) is 13.0. The molecule has 0 saturated heterocycles. The van der Waals surface area contributed by atoms with Gasteiger partial charge in [-0.25, -0.2) is 9.97 Å². The zero-order valence-electron chi connectivity index (χ0n) is 14.5. The van der Waals surface area contributed by atoms with Crippen molar-refractivity contribution < 1.29 is 4.74 Å². The smallest absolute Gasteiger partial charge is 0.157 e. The second-order valence-corrected chi connectivity index (χ2v) is 6.65. The largest absolute Gasteiger partial charge is 0.497 e. The summed E-state index contributed by atoms with van der Waals surface area (Å²) in [5.74, 6) is 1.55. The third-order valence-corrected chi connectivity index (χ3v) is 4.80. The van der Waals surface area contributed by atoms with Crippen molar-refractivity contribution in [1.82, 2.24) is 19.4 Å². The molecule has 1 N–H and O–H groups in total. The summed E-state index contributed by atoms with van der Waals surface area (Å²) >= 11 is 6.13. The number of hydrogen-bond acceptors (Lipinski definition) is 3. The van der Waals surface area contributed by atoms with Gasteiger partial charge in [-0.2, -0.15) is 0 Å². The Morgan fingerprint density at radius 1 is 1.00 bits per heavy atom. The molecule has 3 heterocycles. The maximum Gasteiger partial charge on any atom is 0.157 e. The summed E-state index contributed by atoms with van der Waals surface area (Å²) in [5, 5.41) is 0.672. The van der Waals surface area contributed by atoms with Crippen LogP contribution in [0.2, 0.25) is 5.02 Å². The Hall–Kier alpha value is -3.31. The fourth-order valence-corrected chi connectivity index (χ4v) is 3.44. The van der Waals surface area contributed by atoms with Crippen molar-refractivity contribution in [1.29, 1.82) is 0 Å². The average molecular weight is 375 g/mol. The van der Waals surface area contributed by atoms with Crippen LogP contribution in [0.1, 0.15) is 0 Å². The first-order valence-corrected chi connectivity index (χ1v) is 8.88. The first-order chi connectivity index (χ1) is 13.2. The number of aromatic nitrogens is 4. The molecule has 132 valence electrons. The molecule has 0 unspecified atom stereocenters. The van der Waals surface area contributed by atoms with Gasteiger partial charge in [-0.3, -0.25) is 4.40 Å². The topological polar surface area (TPSA) is 55.2 Å². The minimum absolute atomic E-state index is 0.672. The van der Waals surface area contributed by atoms with Crippen LogP contribution in [-0.2, 0) is 0 Å². The van der Waals surface area contributed by atoms with Crippen molar-refractivity contribution >= 4 is 28.3 Å². The standard InChI is InChI=1S/C21H15ClN4O/c1-27-15-8-5-13(6-9-15)19-20(26-11-3-2-4-18(26)25-19)21-23-16-10-7-14(22)12-17(16)24-21/h2-12H,1H3,(H,23,24). The summed E-state index contributed by atoms with van der Waals surface area (Å²) in [6.45, 7) is 0. The van der Waals surface area contributed by atoms with Gasteiger partial charge in [0.2, 0.25) is 0 Å². The SMILES string of the molecule is COc1ccc(-c2nc3ccccn3c2-c2nc3ccc(Cl)cc3[nH]2)cc1. The number of aromatic amines is 1. The average Bonchev–Trinajstić information content (AvgIpc) is 3.28. The molecule has 0 fully saturated rings. The van der Waals surface area contributed by atoms with Gasteiger partial charge in [0.05, 0.1) is 18.1 Å². The van der Waals surface area contributed by atoms with Crippen LogP contribution in [0.15, 0.2) is 66.9 Å². The van der Waals surface area contributed by atoms with Gasteiger partial charge in [-0.05, 0) is 54.6 Å². The molecule has 0 bridgehead atoms. The fraction of sp³-hybridized carbons (Fsp3) is 0.0476. The van der Waals surface area contributed by atoms with E-state index in [0.717, 1.165) is 45.2 Å². The zero-order valence-corrected chi connectivity index (χ0v) is 15.2. The highest BCUT2D eigenvalue weighted by molar-refractivity contribution is 6.31. The molecule has 0 atom stereocenters. The molecule has 5 rings (SSSR count). The fourth-order valence-electron chi connectivity index (χ4n) is 3.27. The van der Waals surface area contributed by atoms with Crippen LogP contribution in [0.3, 0.4) is 0 Å². The molecule has 2 aromatic carbocycles. The molecule has 0 aliphatic rings. The third kappa shape index (κ3) is 2.64. The number of rotatable bonds is 3. The Morgan fingerprint density at radius 2 is 1.85 bits per heavy atom. The van der Waals surface area contributed by atoms with Crippen LogP contribution in [0.25, 0.3) is 39.5 Å². The zero-order chi connectivity index (χ0) is 18.4. The van der Waals surface area contributed by atoms with Crippen LogP contribution in [0, 0.1) is 0 Å². The van der Waals surface area contributed by atoms with E-state index < -0.39 is 0 Å². The molecular formula is C21H15ClN4O. The number of fused-ring (bicyclic) bond motifs is 2. The van der Waals surface area contributed by atoms with E-state index in [1.807, 2.05) is 71.3 Å². The summed E-state index contributed by atoms with van der Waals surface area (Å²) in [5.41, 5.74) is 5.37. The maximum absolute atomic E-state index is 6.13. The molecule has 0 aliphatic carbocycles. The van der Waals surface area contributed by atoms with Crippen molar-refractivity contribution in [3.63, 3.8) is 0 Å². The molecule has 0 aliphatic heterocycles. The maximum atomic E-state index is 6.13. The Labute approximate surface area is 160 Å². The van der Waals surface area contributed by atoms with Crippen LogP contribution < -0.4 is 4.74 Å². The Bertz CT molecular complexity index is 1270. The second kappa shape index (κ2) is 6.14. The highest BCUT2D eigenvalue weighted by Crippen LogP contribution is 2.33.